The molecule has 0 aromatic heterocycles. The number of benzene rings is 1. The van der Waals surface area contributed by atoms with E-state index in [9.17, 15) is 13.6 Å². The van der Waals surface area contributed by atoms with Crippen LogP contribution in [0.5, 0.6) is 5.75 Å². The first-order chi connectivity index (χ1) is 8.58. The fraction of sp³-hybridized carbons (Fsp3) is 0.417. The Labute approximate surface area is 112 Å². The van der Waals surface area contributed by atoms with Gasteiger partial charge in [-0.25, -0.2) is 0 Å². The van der Waals surface area contributed by atoms with Crippen molar-refractivity contribution < 1.29 is 18.3 Å². The smallest absolute Gasteiger partial charge is 0.387 e. The Morgan fingerprint density at radius 3 is 2.61 bits per heavy atom. The Kier molecular flexibility index (Phi) is 4.16. The summed E-state index contributed by atoms with van der Waals surface area (Å²) in [4.78, 5) is 13.8. The first kappa shape index (κ1) is 13.3. The maximum atomic E-state index is 12.3. The van der Waals surface area contributed by atoms with Gasteiger partial charge in [0.05, 0.1) is 5.56 Å². The van der Waals surface area contributed by atoms with E-state index in [-0.39, 0.29) is 17.2 Å². The minimum absolute atomic E-state index is 0.0786. The third-order valence-electron chi connectivity index (χ3n) is 2.78. The number of ether oxygens (including phenoxy) is 1. The van der Waals surface area contributed by atoms with Gasteiger partial charge in [0.25, 0.3) is 5.91 Å². The summed E-state index contributed by atoms with van der Waals surface area (Å²) < 4.78 is 29.6. The van der Waals surface area contributed by atoms with Gasteiger partial charge in [-0.05, 0) is 31.0 Å². The first-order valence-electron chi connectivity index (χ1n) is 5.61. The zero-order chi connectivity index (χ0) is 13.1. The van der Waals surface area contributed by atoms with E-state index >= 15 is 0 Å². The molecule has 1 saturated heterocycles. The molecule has 0 N–H and O–H groups in total. The molecule has 0 saturated carbocycles. The molecule has 0 atom stereocenters. The van der Waals surface area contributed by atoms with Gasteiger partial charge in [-0.1, -0.05) is 15.9 Å². The fourth-order valence-electron chi connectivity index (χ4n) is 1.96. The molecular weight excluding hydrogens is 308 g/mol. The molecule has 0 bridgehead atoms. The van der Waals surface area contributed by atoms with Crippen LogP contribution in [0.1, 0.15) is 23.2 Å². The number of nitrogens with zero attached hydrogens (tertiary/aromatic N) is 1. The molecule has 1 heterocycles. The van der Waals surface area contributed by atoms with E-state index < -0.39 is 6.61 Å². The summed E-state index contributed by atoms with van der Waals surface area (Å²) in [5.41, 5.74) is 0.173. The van der Waals surface area contributed by atoms with Gasteiger partial charge in [-0.3, -0.25) is 4.79 Å². The zero-order valence-corrected chi connectivity index (χ0v) is 11.1. The van der Waals surface area contributed by atoms with Gasteiger partial charge in [-0.2, -0.15) is 8.78 Å². The average molecular weight is 320 g/mol. The third-order valence-corrected chi connectivity index (χ3v) is 3.27. The second kappa shape index (κ2) is 5.65. The molecule has 1 aromatic carbocycles. The lowest BCUT2D eigenvalue weighted by molar-refractivity contribution is -0.0502. The maximum absolute atomic E-state index is 12.3. The van der Waals surface area contributed by atoms with E-state index in [0.717, 1.165) is 12.8 Å². The minimum Gasteiger partial charge on any atom is -0.434 e. The van der Waals surface area contributed by atoms with Gasteiger partial charge in [0.15, 0.2) is 0 Å². The molecule has 0 radical (unpaired) electrons. The SMILES string of the molecule is O=C(c1cc(Br)ccc1OC(F)F)N1CCCC1. The summed E-state index contributed by atoms with van der Waals surface area (Å²) in [5.74, 6) is -0.338. The van der Waals surface area contributed by atoms with Crippen LogP contribution in [0.2, 0.25) is 0 Å². The highest BCUT2D eigenvalue weighted by Gasteiger charge is 2.23. The zero-order valence-electron chi connectivity index (χ0n) is 9.54. The van der Waals surface area contributed by atoms with Crippen LogP contribution in [-0.4, -0.2) is 30.5 Å². The number of carbonyl (C=O) groups excluding carboxylic acids is 1. The Morgan fingerprint density at radius 2 is 2.00 bits per heavy atom. The average Bonchev–Trinajstić information content (AvgIpc) is 2.83. The Hall–Kier alpha value is -1.17. The number of hydrogen-bond acceptors (Lipinski definition) is 2. The van der Waals surface area contributed by atoms with Crippen LogP contribution in [0.15, 0.2) is 22.7 Å². The third kappa shape index (κ3) is 2.98. The normalized spacial score (nSPS) is 15.2. The van der Waals surface area contributed by atoms with E-state index in [2.05, 4.69) is 20.7 Å². The number of alkyl halides is 2. The molecule has 98 valence electrons. The van der Waals surface area contributed by atoms with Crippen LogP contribution < -0.4 is 4.74 Å². The molecular formula is C12H12BrF2NO2. The van der Waals surface area contributed by atoms with E-state index in [1.165, 1.54) is 12.1 Å². The Bertz CT molecular complexity index is 448. The standard InChI is InChI=1S/C12H12BrF2NO2/c13-8-3-4-10(18-12(14)15)9(7-8)11(17)16-5-1-2-6-16/h3-4,7,12H,1-2,5-6H2. The molecule has 1 aliphatic heterocycles. The summed E-state index contributed by atoms with van der Waals surface area (Å²) in [7, 11) is 0. The highest BCUT2D eigenvalue weighted by Crippen LogP contribution is 2.27. The highest BCUT2D eigenvalue weighted by atomic mass is 79.9. The molecule has 1 amide bonds. The van der Waals surface area contributed by atoms with Crippen molar-refractivity contribution in [1.29, 1.82) is 0 Å². The van der Waals surface area contributed by atoms with Gasteiger partial charge >= 0.3 is 6.61 Å². The largest absolute Gasteiger partial charge is 0.434 e. The number of hydrogen-bond donors (Lipinski definition) is 0. The lowest BCUT2D eigenvalue weighted by Gasteiger charge is -2.17. The second-order valence-corrected chi connectivity index (χ2v) is 4.93. The highest BCUT2D eigenvalue weighted by molar-refractivity contribution is 9.10. The van der Waals surface area contributed by atoms with Crippen molar-refractivity contribution in [3.8, 4) is 5.75 Å². The molecule has 0 aliphatic carbocycles. The minimum atomic E-state index is -2.93. The van der Waals surface area contributed by atoms with Crippen molar-refractivity contribution in [1.82, 2.24) is 4.90 Å². The van der Waals surface area contributed by atoms with Gasteiger partial charge in [0.1, 0.15) is 5.75 Å². The summed E-state index contributed by atoms with van der Waals surface area (Å²) in [6, 6.07) is 4.45. The molecule has 1 fully saturated rings. The maximum Gasteiger partial charge on any atom is 0.387 e. The van der Waals surface area contributed by atoms with Crippen molar-refractivity contribution in [2.75, 3.05) is 13.1 Å². The monoisotopic (exact) mass is 319 g/mol. The van der Waals surface area contributed by atoms with Crippen molar-refractivity contribution >= 4 is 21.8 Å². The molecule has 1 aromatic rings. The molecule has 1 aliphatic rings. The van der Waals surface area contributed by atoms with Crippen LogP contribution in [0.3, 0.4) is 0 Å². The fourth-order valence-corrected chi connectivity index (χ4v) is 2.32. The quantitative estimate of drug-likeness (QED) is 0.855. The van der Waals surface area contributed by atoms with Crippen LogP contribution >= 0.6 is 15.9 Å². The van der Waals surface area contributed by atoms with Gasteiger partial charge < -0.3 is 9.64 Å². The van der Waals surface area contributed by atoms with E-state index in [1.54, 1.807) is 11.0 Å². The topological polar surface area (TPSA) is 29.5 Å². The molecule has 18 heavy (non-hydrogen) atoms. The van der Waals surface area contributed by atoms with Crippen molar-refractivity contribution in [3.63, 3.8) is 0 Å². The molecule has 2 rings (SSSR count). The van der Waals surface area contributed by atoms with Crippen molar-refractivity contribution in [2.24, 2.45) is 0 Å². The second-order valence-electron chi connectivity index (χ2n) is 4.02. The van der Waals surface area contributed by atoms with Crippen molar-refractivity contribution in [2.45, 2.75) is 19.5 Å². The predicted molar refractivity (Wildman–Crippen MR) is 65.9 cm³/mol. The van der Waals surface area contributed by atoms with E-state index in [0.29, 0.717) is 17.6 Å². The Morgan fingerprint density at radius 1 is 1.33 bits per heavy atom. The molecule has 6 heteroatoms. The molecule has 3 nitrogen and oxygen atoms in total. The van der Waals surface area contributed by atoms with Gasteiger partial charge in [-0.15, -0.1) is 0 Å². The van der Waals surface area contributed by atoms with Gasteiger partial charge in [0, 0.05) is 17.6 Å². The number of halogens is 3. The lowest BCUT2D eigenvalue weighted by Crippen LogP contribution is -2.28. The van der Waals surface area contributed by atoms with Crippen LogP contribution in [-0.2, 0) is 0 Å². The van der Waals surface area contributed by atoms with E-state index in [1.807, 2.05) is 0 Å². The molecule has 0 spiro atoms. The van der Waals surface area contributed by atoms with Crippen molar-refractivity contribution in [3.05, 3.63) is 28.2 Å². The number of carbonyl (C=O) groups is 1. The van der Waals surface area contributed by atoms with Crippen LogP contribution in [0, 0.1) is 0 Å². The first-order valence-corrected chi connectivity index (χ1v) is 6.41. The number of likely N-dealkylation sites (tertiary alicyclic amines) is 1. The van der Waals surface area contributed by atoms with Gasteiger partial charge in [0.2, 0.25) is 0 Å². The summed E-state index contributed by atoms with van der Waals surface area (Å²) in [6.45, 7) is -1.60. The number of rotatable bonds is 3. The summed E-state index contributed by atoms with van der Waals surface area (Å²) >= 11 is 3.23. The lowest BCUT2D eigenvalue weighted by atomic mass is 10.2. The summed E-state index contributed by atoms with van der Waals surface area (Å²) in [6.07, 6.45) is 1.90. The molecule has 0 unspecified atom stereocenters. The Balaban J connectivity index is 2.28. The van der Waals surface area contributed by atoms with Crippen LogP contribution in [0.25, 0.3) is 0 Å². The van der Waals surface area contributed by atoms with E-state index in [4.69, 9.17) is 0 Å². The summed E-state index contributed by atoms with van der Waals surface area (Å²) in [5, 5.41) is 0. The van der Waals surface area contributed by atoms with Crippen LogP contribution in [0.4, 0.5) is 8.78 Å². The predicted octanol–water partition coefficient (Wildman–Crippen LogP) is 3.29. The number of amides is 1.